The predicted molar refractivity (Wildman–Crippen MR) is 99.1 cm³/mol. The molecule has 132 valence electrons. The lowest BCUT2D eigenvalue weighted by molar-refractivity contribution is 0.215. The average Bonchev–Trinajstić information content (AvgIpc) is 3.20. The van der Waals surface area contributed by atoms with E-state index in [9.17, 15) is 9.32 Å². The molecule has 0 aliphatic carbocycles. The van der Waals surface area contributed by atoms with Crippen LogP contribution in [-0.2, 0) is 29.9 Å². The summed E-state index contributed by atoms with van der Waals surface area (Å²) in [6, 6.07) is 6.24. The zero-order chi connectivity index (χ0) is 17.1. The number of fused-ring (bicyclic) bond motifs is 1. The van der Waals surface area contributed by atoms with Gasteiger partial charge in [-0.05, 0) is 56.6 Å². The fourth-order valence-electron chi connectivity index (χ4n) is 3.29. The van der Waals surface area contributed by atoms with Crippen LogP contribution in [-0.4, -0.2) is 56.8 Å². The lowest BCUT2D eigenvalue weighted by Gasteiger charge is -2.14. The molecule has 0 saturated carbocycles. The first-order chi connectivity index (χ1) is 11.6. The molecule has 2 aromatic rings. The molecule has 1 saturated heterocycles. The molecule has 1 unspecified atom stereocenters. The third kappa shape index (κ3) is 3.88. The first kappa shape index (κ1) is 17.6. The largest absolute Gasteiger partial charge is 0.376 e. The molecule has 6 heteroatoms. The average molecular weight is 350 g/mol. The van der Waals surface area contributed by atoms with E-state index < -0.39 is 11.0 Å². The number of likely N-dealkylation sites (N-methyl/N-ethyl adjacent to an activating group) is 1. The summed E-state index contributed by atoms with van der Waals surface area (Å²) in [6.07, 6.45) is 5.28. The van der Waals surface area contributed by atoms with Gasteiger partial charge in [-0.2, -0.15) is 0 Å². The molecule has 0 spiro atoms. The number of aliphatic hydroxyl groups excluding tert-OH is 1. The van der Waals surface area contributed by atoms with E-state index in [1.165, 1.54) is 10.9 Å². The minimum Gasteiger partial charge on any atom is -0.376 e. The molecule has 0 radical (unpaired) electrons. The molecule has 1 aromatic carbocycles. The molecule has 3 rings (SSSR count). The van der Waals surface area contributed by atoms with Gasteiger partial charge in [0.1, 0.15) is 6.73 Å². The van der Waals surface area contributed by atoms with Gasteiger partial charge in [0.15, 0.2) is 0 Å². The molecular weight excluding hydrogens is 322 g/mol. The topological polar surface area (TPSA) is 48.7 Å². The van der Waals surface area contributed by atoms with Crippen molar-refractivity contribution >= 4 is 21.9 Å². The minimum absolute atomic E-state index is 0.0163. The van der Waals surface area contributed by atoms with Crippen LogP contribution in [0, 0.1) is 0 Å². The van der Waals surface area contributed by atoms with Crippen LogP contribution in [0.25, 0.3) is 10.9 Å². The van der Waals surface area contributed by atoms with Crippen molar-refractivity contribution in [3.8, 4) is 0 Å². The Balaban J connectivity index is 1.84. The lowest BCUT2D eigenvalue weighted by atomic mass is 10.1. The molecule has 1 aromatic heterocycles. The summed E-state index contributed by atoms with van der Waals surface area (Å²) in [5.74, 6) is 0.577. The van der Waals surface area contributed by atoms with Gasteiger partial charge in [0.25, 0.3) is 0 Å². The predicted octanol–water partition coefficient (Wildman–Crippen LogP) is 1.95. The highest BCUT2D eigenvalue weighted by Crippen LogP contribution is 2.25. The zero-order valence-corrected chi connectivity index (χ0v) is 15.4. The monoisotopic (exact) mass is 349 g/mol. The fraction of sp³-hybridized carbons (Fsp3) is 0.556. The molecule has 0 bridgehead atoms. The van der Waals surface area contributed by atoms with Crippen LogP contribution < -0.4 is 0 Å². The van der Waals surface area contributed by atoms with Crippen molar-refractivity contribution in [2.24, 2.45) is 0 Å². The number of nitrogens with zero attached hydrogens (tertiary/aromatic N) is 3. The normalized spacial score (nSPS) is 17.2. The van der Waals surface area contributed by atoms with Gasteiger partial charge in [0, 0.05) is 31.2 Å². The quantitative estimate of drug-likeness (QED) is 0.831. The van der Waals surface area contributed by atoms with Crippen molar-refractivity contribution in [2.45, 2.75) is 31.7 Å². The molecule has 5 nitrogen and oxygen atoms in total. The number of hydrogen-bond donors (Lipinski definition) is 1. The van der Waals surface area contributed by atoms with Crippen LogP contribution in [0.4, 0.5) is 0 Å². The van der Waals surface area contributed by atoms with E-state index in [0.29, 0.717) is 5.75 Å². The molecule has 1 aliphatic rings. The van der Waals surface area contributed by atoms with Crippen molar-refractivity contribution in [3.05, 3.63) is 35.5 Å². The Labute approximate surface area is 146 Å². The van der Waals surface area contributed by atoms with E-state index in [1.807, 2.05) is 22.9 Å². The first-order valence-corrected chi connectivity index (χ1v) is 9.85. The van der Waals surface area contributed by atoms with Crippen LogP contribution in [0.3, 0.4) is 0 Å². The second-order valence-electron chi connectivity index (χ2n) is 6.77. The number of aliphatic hydroxyl groups is 1. The summed E-state index contributed by atoms with van der Waals surface area (Å²) in [7, 11) is 3.20. The maximum absolute atomic E-state index is 12.5. The van der Waals surface area contributed by atoms with Crippen molar-refractivity contribution in [1.29, 1.82) is 0 Å². The van der Waals surface area contributed by atoms with Gasteiger partial charge in [0.05, 0.1) is 22.3 Å². The van der Waals surface area contributed by atoms with Gasteiger partial charge >= 0.3 is 0 Å². The molecule has 1 N–H and O–H groups in total. The maximum atomic E-state index is 12.5. The van der Waals surface area contributed by atoms with E-state index in [0.717, 1.165) is 50.0 Å². The van der Waals surface area contributed by atoms with E-state index in [4.69, 9.17) is 0 Å². The van der Waals surface area contributed by atoms with Gasteiger partial charge in [0.2, 0.25) is 0 Å². The van der Waals surface area contributed by atoms with Crippen molar-refractivity contribution in [3.63, 3.8) is 0 Å². The molecule has 24 heavy (non-hydrogen) atoms. The Morgan fingerprint density at radius 2 is 2.00 bits per heavy atom. The molecule has 1 fully saturated rings. The van der Waals surface area contributed by atoms with Crippen LogP contribution in [0.1, 0.15) is 24.0 Å². The third-order valence-electron chi connectivity index (χ3n) is 4.65. The summed E-state index contributed by atoms with van der Waals surface area (Å²) < 4.78 is 16.5. The van der Waals surface area contributed by atoms with Crippen LogP contribution in [0.15, 0.2) is 24.4 Å². The van der Waals surface area contributed by atoms with Crippen LogP contribution in [0.5, 0.6) is 0 Å². The molecule has 1 aliphatic heterocycles. The number of aromatic nitrogens is 1. The Bertz CT molecular complexity index is 720. The highest BCUT2D eigenvalue weighted by molar-refractivity contribution is 7.81. The standard InChI is InChI=1S/C18H27N3O2S/c1-19(2)10-7-16-12-20(14-22)18-6-5-15(11-17(16)18)13-24(23)21-8-3-4-9-21/h5-6,11-12,22H,3-4,7-10,13-14H2,1-2H3. The summed E-state index contributed by atoms with van der Waals surface area (Å²) in [5, 5.41) is 10.8. The second-order valence-corrected chi connectivity index (χ2v) is 8.22. The Morgan fingerprint density at radius 1 is 1.25 bits per heavy atom. The van der Waals surface area contributed by atoms with Crippen LogP contribution in [0.2, 0.25) is 0 Å². The molecular formula is C18H27N3O2S. The van der Waals surface area contributed by atoms with E-state index in [1.54, 1.807) is 0 Å². The van der Waals surface area contributed by atoms with E-state index in [-0.39, 0.29) is 6.73 Å². The number of benzene rings is 1. The van der Waals surface area contributed by atoms with Gasteiger partial charge in [-0.25, -0.2) is 8.51 Å². The molecule has 1 atom stereocenters. The Morgan fingerprint density at radius 3 is 2.67 bits per heavy atom. The molecule has 2 heterocycles. The van der Waals surface area contributed by atoms with Gasteiger partial charge in [-0.1, -0.05) is 6.07 Å². The summed E-state index contributed by atoms with van der Waals surface area (Å²) in [6.45, 7) is 2.85. The Kier molecular flexibility index (Phi) is 5.71. The SMILES string of the molecule is CN(C)CCc1cn(CO)c2ccc(CS(=O)N3CCCC3)cc12. The van der Waals surface area contributed by atoms with Crippen molar-refractivity contribution < 1.29 is 9.32 Å². The highest BCUT2D eigenvalue weighted by Gasteiger charge is 2.18. The van der Waals surface area contributed by atoms with Crippen molar-refractivity contribution in [2.75, 3.05) is 33.7 Å². The van der Waals surface area contributed by atoms with Gasteiger partial charge in [-0.3, -0.25) is 0 Å². The summed E-state index contributed by atoms with van der Waals surface area (Å²) in [5.41, 5.74) is 3.39. The first-order valence-electron chi connectivity index (χ1n) is 8.58. The third-order valence-corrected chi connectivity index (χ3v) is 6.17. The van der Waals surface area contributed by atoms with E-state index >= 15 is 0 Å². The van der Waals surface area contributed by atoms with Crippen molar-refractivity contribution in [1.82, 2.24) is 13.8 Å². The number of hydrogen-bond acceptors (Lipinski definition) is 3. The smallest absolute Gasteiger partial charge is 0.119 e. The second kappa shape index (κ2) is 7.78. The Hall–Kier alpha value is -1.21. The summed E-state index contributed by atoms with van der Waals surface area (Å²) >= 11 is 0. The fourth-order valence-corrected chi connectivity index (χ4v) is 4.61. The van der Waals surface area contributed by atoms with Gasteiger partial charge < -0.3 is 14.6 Å². The zero-order valence-electron chi connectivity index (χ0n) is 14.6. The minimum atomic E-state index is -0.933. The van der Waals surface area contributed by atoms with Gasteiger partial charge in [-0.15, -0.1) is 0 Å². The molecule has 0 amide bonds. The highest BCUT2D eigenvalue weighted by atomic mass is 32.2. The van der Waals surface area contributed by atoms with E-state index in [2.05, 4.69) is 29.4 Å². The van der Waals surface area contributed by atoms with Crippen LogP contribution >= 0.6 is 0 Å². The maximum Gasteiger partial charge on any atom is 0.119 e. The lowest BCUT2D eigenvalue weighted by Crippen LogP contribution is -2.23. The number of rotatable bonds is 7. The summed E-state index contributed by atoms with van der Waals surface area (Å²) in [4.78, 5) is 2.16.